The molecular formula is C24H32N2O2. The molecule has 0 atom stereocenters. The molecule has 1 aliphatic rings. The summed E-state index contributed by atoms with van der Waals surface area (Å²) in [6.45, 7) is 3.75. The average Bonchev–Trinajstić information content (AvgIpc) is 2.74. The second kappa shape index (κ2) is 10.9. The van der Waals surface area contributed by atoms with Crippen molar-refractivity contribution < 1.29 is 9.53 Å². The number of hydrogen-bond acceptors (Lipinski definition) is 3. The molecule has 1 heterocycles. The lowest BCUT2D eigenvalue weighted by Crippen LogP contribution is -2.37. The van der Waals surface area contributed by atoms with Crippen LogP contribution in [0.4, 0.5) is 0 Å². The third-order valence-corrected chi connectivity index (χ3v) is 5.60. The van der Waals surface area contributed by atoms with Gasteiger partial charge in [-0.05, 0) is 68.0 Å². The third kappa shape index (κ3) is 6.68. The molecule has 0 aromatic heterocycles. The maximum atomic E-state index is 12.1. The third-order valence-electron chi connectivity index (χ3n) is 5.60. The number of benzene rings is 2. The maximum absolute atomic E-state index is 12.1. The number of amides is 1. The van der Waals surface area contributed by atoms with Crippen LogP contribution in [0.1, 0.15) is 30.4 Å². The minimum atomic E-state index is 0.148. The van der Waals surface area contributed by atoms with E-state index in [-0.39, 0.29) is 5.91 Å². The zero-order chi connectivity index (χ0) is 19.6. The highest BCUT2D eigenvalue weighted by Gasteiger charge is 2.19. The summed E-state index contributed by atoms with van der Waals surface area (Å²) < 4.78 is 5.24. The molecule has 0 spiro atoms. The lowest BCUT2D eigenvalue weighted by atomic mass is 9.90. The normalized spacial score (nSPS) is 15.3. The van der Waals surface area contributed by atoms with Gasteiger partial charge in [0.05, 0.1) is 7.11 Å². The van der Waals surface area contributed by atoms with Crippen molar-refractivity contribution in [2.45, 2.75) is 32.1 Å². The molecule has 1 saturated heterocycles. The predicted molar refractivity (Wildman–Crippen MR) is 114 cm³/mol. The molecule has 4 heteroatoms. The van der Waals surface area contributed by atoms with Crippen LogP contribution >= 0.6 is 0 Å². The standard InChI is InChI=1S/C24H32N2O2/c1-28-23-9-5-8-21(19-23)10-14-25-24(27)13-17-26-15-11-22(12-16-26)18-20-6-3-2-4-7-20/h2-9,19,22H,10-18H2,1H3,(H,25,27). The lowest BCUT2D eigenvalue weighted by Gasteiger charge is -2.31. The molecule has 1 fully saturated rings. The zero-order valence-corrected chi connectivity index (χ0v) is 16.9. The zero-order valence-electron chi connectivity index (χ0n) is 16.9. The lowest BCUT2D eigenvalue weighted by molar-refractivity contribution is -0.121. The summed E-state index contributed by atoms with van der Waals surface area (Å²) in [5, 5.41) is 3.04. The van der Waals surface area contributed by atoms with Crippen molar-refractivity contribution in [2.24, 2.45) is 5.92 Å². The van der Waals surface area contributed by atoms with Crippen molar-refractivity contribution in [1.82, 2.24) is 10.2 Å². The Morgan fingerprint density at radius 2 is 1.82 bits per heavy atom. The van der Waals surface area contributed by atoms with Crippen LogP contribution in [0.2, 0.25) is 0 Å². The molecular weight excluding hydrogens is 348 g/mol. The molecule has 28 heavy (non-hydrogen) atoms. The van der Waals surface area contributed by atoms with E-state index in [4.69, 9.17) is 4.74 Å². The molecule has 3 rings (SSSR count). The van der Waals surface area contributed by atoms with E-state index in [2.05, 4.69) is 46.6 Å². The van der Waals surface area contributed by atoms with E-state index in [1.54, 1.807) is 7.11 Å². The van der Waals surface area contributed by atoms with Crippen LogP contribution in [0.5, 0.6) is 5.75 Å². The summed E-state index contributed by atoms with van der Waals surface area (Å²) in [6, 6.07) is 18.8. The van der Waals surface area contributed by atoms with Gasteiger partial charge in [-0.1, -0.05) is 42.5 Å². The number of nitrogens with zero attached hydrogens (tertiary/aromatic N) is 1. The molecule has 0 radical (unpaired) electrons. The summed E-state index contributed by atoms with van der Waals surface area (Å²) in [4.78, 5) is 14.6. The van der Waals surface area contributed by atoms with Crippen LogP contribution in [-0.4, -0.2) is 44.1 Å². The number of hydrogen-bond donors (Lipinski definition) is 1. The van der Waals surface area contributed by atoms with E-state index in [0.29, 0.717) is 13.0 Å². The summed E-state index contributed by atoms with van der Waals surface area (Å²) in [7, 11) is 1.67. The first kappa shape index (κ1) is 20.4. The Balaban J connectivity index is 1.29. The van der Waals surface area contributed by atoms with Gasteiger partial charge in [0.25, 0.3) is 0 Å². The number of piperidine rings is 1. The Morgan fingerprint density at radius 1 is 1.07 bits per heavy atom. The van der Waals surface area contributed by atoms with Gasteiger partial charge in [-0.25, -0.2) is 0 Å². The minimum Gasteiger partial charge on any atom is -0.497 e. The van der Waals surface area contributed by atoms with Gasteiger partial charge in [0.15, 0.2) is 0 Å². The molecule has 1 amide bonds. The Hall–Kier alpha value is -2.33. The average molecular weight is 381 g/mol. The first-order valence-corrected chi connectivity index (χ1v) is 10.4. The summed E-state index contributed by atoms with van der Waals surface area (Å²) >= 11 is 0. The number of likely N-dealkylation sites (tertiary alicyclic amines) is 1. The first-order chi connectivity index (χ1) is 13.7. The second-order valence-corrected chi connectivity index (χ2v) is 7.68. The topological polar surface area (TPSA) is 41.6 Å². The van der Waals surface area contributed by atoms with Crippen LogP contribution < -0.4 is 10.1 Å². The van der Waals surface area contributed by atoms with Crippen molar-refractivity contribution in [1.29, 1.82) is 0 Å². The minimum absolute atomic E-state index is 0.148. The molecule has 0 aliphatic carbocycles. The molecule has 0 saturated carbocycles. The molecule has 0 unspecified atom stereocenters. The van der Waals surface area contributed by atoms with Crippen LogP contribution in [0.15, 0.2) is 54.6 Å². The number of carbonyl (C=O) groups is 1. The molecule has 2 aromatic rings. The highest BCUT2D eigenvalue weighted by Crippen LogP contribution is 2.21. The maximum Gasteiger partial charge on any atom is 0.221 e. The van der Waals surface area contributed by atoms with E-state index in [1.165, 1.54) is 30.4 Å². The van der Waals surface area contributed by atoms with Crippen molar-refractivity contribution in [3.8, 4) is 5.75 Å². The van der Waals surface area contributed by atoms with Crippen LogP contribution in [0.3, 0.4) is 0 Å². The highest BCUT2D eigenvalue weighted by molar-refractivity contribution is 5.76. The van der Waals surface area contributed by atoms with Gasteiger partial charge in [-0.15, -0.1) is 0 Å². The van der Waals surface area contributed by atoms with Crippen LogP contribution in [-0.2, 0) is 17.6 Å². The largest absolute Gasteiger partial charge is 0.497 e. The number of nitrogens with one attached hydrogen (secondary N) is 1. The molecule has 1 N–H and O–H groups in total. The molecule has 1 aliphatic heterocycles. The monoisotopic (exact) mass is 380 g/mol. The summed E-state index contributed by atoms with van der Waals surface area (Å²) in [5.74, 6) is 1.78. The van der Waals surface area contributed by atoms with E-state index in [1.807, 2.05) is 18.2 Å². The molecule has 2 aromatic carbocycles. The van der Waals surface area contributed by atoms with Gasteiger partial charge in [-0.3, -0.25) is 4.79 Å². The quantitative estimate of drug-likeness (QED) is 0.721. The SMILES string of the molecule is COc1cccc(CCNC(=O)CCN2CCC(Cc3ccccc3)CC2)c1. The van der Waals surface area contributed by atoms with E-state index < -0.39 is 0 Å². The van der Waals surface area contributed by atoms with Gasteiger partial charge in [0.1, 0.15) is 5.75 Å². The summed E-state index contributed by atoms with van der Waals surface area (Å²) in [6.07, 6.45) is 5.05. The smallest absolute Gasteiger partial charge is 0.221 e. The Morgan fingerprint density at radius 3 is 2.57 bits per heavy atom. The molecule has 150 valence electrons. The summed E-state index contributed by atoms with van der Waals surface area (Å²) in [5.41, 5.74) is 2.62. The highest BCUT2D eigenvalue weighted by atomic mass is 16.5. The number of rotatable bonds is 9. The Kier molecular flexibility index (Phi) is 7.92. The van der Waals surface area contributed by atoms with E-state index >= 15 is 0 Å². The number of methoxy groups -OCH3 is 1. The van der Waals surface area contributed by atoms with Crippen molar-refractivity contribution in [2.75, 3.05) is 33.3 Å². The number of ether oxygens (including phenoxy) is 1. The van der Waals surface area contributed by atoms with Crippen LogP contribution in [0, 0.1) is 5.92 Å². The first-order valence-electron chi connectivity index (χ1n) is 10.4. The Labute approximate surface area is 168 Å². The fourth-order valence-electron chi connectivity index (χ4n) is 3.88. The van der Waals surface area contributed by atoms with E-state index in [9.17, 15) is 4.79 Å². The van der Waals surface area contributed by atoms with Gasteiger partial charge in [0.2, 0.25) is 5.91 Å². The van der Waals surface area contributed by atoms with Gasteiger partial charge in [-0.2, -0.15) is 0 Å². The van der Waals surface area contributed by atoms with Crippen molar-refractivity contribution in [3.63, 3.8) is 0 Å². The molecule has 0 bridgehead atoms. The fraction of sp³-hybridized carbons (Fsp3) is 0.458. The van der Waals surface area contributed by atoms with Crippen molar-refractivity contribution >= 4 is 5.91 Å². The van der Waals surface area contributed by atoms with Gasteiger partial charge < -0.3 is 15.0 Å². The number of carbonyl (C=O) groups excluding carboxylic acids is 1. The molecule has 4 nitrogen and oxygen atoms in total. The van der Waals surface area contributed by atoms with Gasteiger partial charge in [0, 0.05) is 19.5 Å². The van der Waals surface area contributed by atoms with E-state index in [0.717, 1.165) is 37.7 Å². The predicted octanol–water partition coefficient (Wildman–Crippen LogP) is 3.70. The Bertz CT molecular complexity index is 724. The van der Waals surface area contributed by atoms with Crippen LogP contribution in [0.25, 0.3) is 0 Å². The second-order valence-electron chi connectivity index (χ2n) is 7.68. The van der Waals surface area contributed by atoms with Crippen molar-refractivity contribution in [3.05, 3.63) is 65.7 Å². The van der Waals surface area contributed by atoms with Gasteiger partial charge >= 0.3 is 0 Å². The fourth-order valence-corrected chi connectivity index (χ4v) is 3.88.